The van der Waals surface area contributed by atoms with Crippen LogP contribution in [0.15, 0.2) is 66.7 Å². The van der Waals surface area contributed by atoms with Crippen LogP contribution in [0, 0.1) is 0 Å². The van der Waals surface area contributed by atoms with E-state index in [-0.39, 0.29) is 0 Å². The maximum atomic E-state index is 12.0. The van der Waals surface area contributed by atoms with Crippen LogP contribution in [0.4, 0.5) is 17.1 Å². The number of para-hydroxylation sites is 2. The fourth-order valence-electron chi connectivity index (χ4n) is 3.34. The first-order valence-corrected chi connectivity index (χ1v) is 8.25. The van der Waals surface area contributed by atoms with Crippen LogP contribution in [-0.2, 0) is 4.79 Å². The Balaban J connectivity index is 1.70. The quantitative estimate of drug-likeness (QED) is 0.423. The molecule has 1 amide bonds. The van der Waals surface area contributed by atoms with Crippen molar-refractivity contribution in [2.45, 2.75) is 0 Å². The van der Waals surface area contributed by atoms with Gasteiger partial charge in [0.25, 0.3) is 11.7 Å². The van der Waals surface area contributed by atoms with E-state index in [0.717, 1.165) is 33.2 Å². The lowest BCUT2D eigenvalue weighted by Crippen LogP contribution is -2.12. The van der Waals surface area contributed by atoms with Crippen molar-refractivity contribution in [2.24, 2.45) is 0 Å². The summed E-state index contributed by atoms with van der Waals surface area (Å²) in [5, 5.41) is 7.98. The highest BCUT2D eigenvalue weighted by molar-refractivity contribution is 6.51. The summed E-state index contributed by atoms with van der Waals surface area (Å²) in [5.41, 5.74) is 4.40. The normalized spacial score (nSPS) is 13.1. The molecule has 0 atom stereocenters. The fourth-order valence-corrected chi connectivity index (χ4v) is 3.34. The molecule has 0 aliphatic carbocycles. The Labute approximate surface area is 148 Å². The van der Waals surface area contributed by atoms with Crippen LogP contribution >= 0.6 is 0 Å². The lowest BCUT2D eigenvalue weighted by atomic mass is 10.1. The molecule has 5 rings (SSSR count). The summed E-state index contributed by atoms with van der Waals surface area (Å²) in [6.45, 7) is 0. The van der Waals surface area contributed by atoms with Crippen molar-refractivity contribution in [1.82, 2.24) is 4.98 Å². The third kappa shape index (κ3) is 2.14. The van der Waals surface area contributed by atoms with Crippen molar-refractivity contribution in [2.75, 3.05) is 10.6 Å². The second-order valence-electron chi connectivity index (χ2n) is 6.19. The number of nitrogens with zero attached hydrogens (tertiary/aromatic N) is 1. The molecule has 124 valence electrons. The monoisotopic (exact) mass is 339 g/mol. The van der Waals surface area contributed by atoms with Gasteiger partial charge in [0.1, 0.15) is 0 Å². The van der Waals surface area contributed by atoms with E-state index in [9.17, 15) is 9.59 Å². The SMILES string of the molecule is O=C1Nc2ccc(Nc3c4ccccc4nc4ccccc34)cc2C1=O. The third-order valence-electron chi connectivity index (χ3n) is 4.58. The molecule has 1 aliphatic heterocycles. The zero-order valence-electron chi connectivity index (χ0n) is 13.6. The molecule has 1 aliphatic rings. The number of hydrogen-bond donors (Lipinski definition) is 2. The van der Waals surface area contributed by atoms with E-state index in [2.05, 4.69) is 10.6 Å². The molecule has 1 aromatic heterocycles. The molecular weight excluding hydrogens is 326 g/mol. The molecule has 26 heavy (non-hydrogen) atoms. The van der Waals surface area contributed by atoms with Crippen LogP contribution in [0.1, 0.15) is 10.4 Å². The number of carbonyl (C=O) groups is 2. The number of rotatable bonds is 2. The highest BCUT2D eigenvalue weighted by Crippen LogP contribution is 2.34. The summed E-state index contributed by atoms with van der Waals surface area (Å²) in [5.74, 6) is -1.09. The van der Waals surface area contributed by atoms with E-state index < -0.39 is 11.7 Å². The molecule has 2 heterocycles. The topological polar surface area (TPSA) is 71.1 Å². The van der Waals surface area contributed by atoms with Crippen LogP contribution in [0.3, 0.4) is 0 Å². The Kier molecular flexibility index (Phi) is 3.03. The molecule has 0 radical (unpaired) electrons. The van der Waals surface area contributed by atoms with Gasteiger partial charge < -0.3 is 10.6 Å². The predicted molar refractivity (Wildman–Crippen MR) is 102 cm³/mol. The van der Waals surface area contributed by atoms with Gasteiger partial charge in [0, 0.05) is 16.5 Å². The van der Waals surface area contributed by atoms with Gasteiger partial charge in [-0.05, 0) is 30.3 Å². The van der Waals surface area contributed by atoms with Crippen molar-refractivity contribution in [3.05, 3.63) is 72.3 Å². The first-order chi connectivity index (χ1) is 12.7. The molecule has 2 N–H and O–H groups in total. The molecule has 0 saturated heterocycles. The highest BCUT2D eigenvalue weighted by Gasteiger charge is 2.28. The summed E-state index contributed by atoms with van der Waals surface area (Å²) in [6.07, 6.45) is 0. The minimum atomic E-state index is -0.586. The molecule has 5 nitrogen and oxygen atoms in total. The number of nitrogens with one attached hydrogen (secondary N) is 2. The van der Waals surface area contributed by atoms with E-state index >= 15 is 0 Å². The maximum absolute atomic E-state index is 12.0. The van der Waals surface area contributed by atoms with Gasteiger partial charge in [-0.1, -0.05) is 36.4 Å². The van der Waals surface area contributed by atoms with Crippen molar-refractivity contribution in [3.63, 3.8) is 0 Å². The van der Waals surface area contributed by atoms with Gasteiger partial charge in [-0.3, -0.25) is 9.59 Å². The number of carbonyl (C=O) groups excluding carboxylic acids is 2. The molecule has 0 unspecified atom stereocenters. The Morgan fingerprint density at radius 1 is 0.808 bits per heavy atom. The first-order valence-electron chi connectivity index (χ1n) is 8.25. The minimum absolute atomic E-state index is 0.391. The number of fused-ring (bicyclic) bond motifs is 3. The highest BCUT2D eigenvalue weighted by atomic mass is 16.2. The van der Waals surface area contributed by atoms with E-state index in [1.54, 1.807) is 12.1 Å². The number of amides is 1. The summed E-state index contributed by atoms with van der Waals surface area (Å²) in [6, 6.07) is 21.1. The average Bonchev–Trinajstić information content (AvgIpc) is 2.95. The lowest BCUT2D eigenvalue weighted by Gasteiger charge is -2.14. The van der Waals surface area contributed by atoms with Gasteiger partial charge in [0.15, 0.2) is 0 Å². The smallest absolute Gasteiger partial charge is 0.296 e. The molecule has 3 aromatic carbocycles. The molecule has 0 spiro atoms. The minimum Gasteiger partial charge on any atom is -0.354 e. The number of Topliss-reactive ketones (excluding diaryl/α,β-unsaturated/α-hetero) is 1. The number of pyridine rings is 1. The molecule has 0 bridgehead atoms. The standard InChI is InChI=1S/C21H13N3O2/c25-20-15-11-12(9-10-18(15)24-21(20)26)22-19-13-5-1-3-7-16(13)23-17-8-4-2-6-14(17)19/h1-11H,(H,22,23)(H,24,25,26). The Morgan fingerprint density at radius 3 is 2.15 bits per heavy atom. The molecular formula is C21H13N3O2. The van der Waals surface area contributed by atoms with Gasteiger partial charge in [0.2, 0.25) is 0 Å². The van der Waals surface area contributed by atoms with Gasteiger partial charge in [-0.2, -0.15) is 0 Å². The zero-order chi connectivity index (χ0) is 17.7. The largest absolute Gasteiger partial charge is 0.354 e. The van der Waals surface area contributed by atoms with Crippen LogP contribution in [0.5, 0.6) is 0 Å². The van der Waals surface area contributed by atoms with Crippen LogP contribution < -0.4 is 10.6 Å². The van der Waals surface area contributed by atoms with Crippen molar-refractivity contribution >= 4 is 50.6 Å². The molecule has 5 heteroatoms. The summed E-state index contributed by atoms with van der Waals surface area (Å²) >= 11 is 0. The lowest BCUT2D eigenvalue weighted by molar-refractivity contribution is -0.112. The fraction of sp³-hybridized carbons (Fsp3) is 0. The van der Waals surface area contributed by atoms with Crippen molar-refractivity contribution in [1.29, 1.82) is 0 Å². The Hall–Kier alpha value is -3.73. The molecule has 4 aromatic rings. The third-order valence-corrected chi connectivity index (χ3v) is 4.58. The number of hydrogen-bond acceptors (Lipinski definition) is 4. The van der Waals surface area contributed by atoms with Crippen LogP contribution in [0.25, 0.3) is 21.8 Å². The summed E-state index contributed by atoms with van der Waals surface area (Å²) in [7, 11) is 0. The number of ketones is 1. The summed E-state index contributed by atoms with van der Waals surface area (Å²) < 4.78 is 0. The molecule has 0 fully saturated rings. The maximum Gasteiger partial charge on any atom is 0.296 e. The van der Waals surface area contributed by atoms with E-state index in [0.29, 0.717) is 11.3 Å². The second-order valence-corrected chi connectivity index (χ2v) is 6.19. The van der Waals surface area contributed by atoms with Gasteiger partial charge in [-0.15, -0.1) is 0 Å². The van der Waals surface area contributed by atoms with E-state index in [1.807, 2.05) is 54.6 Å². The summed E-state index contributed by atoms with van der Waals surface area (Å²) in [4.78, 5) is 28.2. The number of anilines is 3. The zero-order valence-corrected chi connectivity index (χ0v) is 13.6. The Morgan fingerprint density at radius 2 is 1.46 bits per heavy atom. The van der Waals surface area contributed by atoms with Gasteiger partial charge in [0.05, 0.1) is 28.0 Å². The Bertz CT molecular complexity index is 1180. The molecule has 0 saturated carbocycles. The average molecular weight is 339 g/mol. The number of aromatic nitrogens is 1. The first kappa shape index (κ1) is 14.6. The second kappa shape index (κ2) is 5.39. The van der Waals surface area contributed by atoms with E-state index in [4.69, 9.17) is 4.98 Å². The van der Waals surface area contributed by atoms with Crippen LogP contribution in [-0.4, -0.2) is 16.7 Å². The van der Waals surface area contributed by atoms with E-state index in [1.165, 1.54) is 0 Å². The van der Waals surface area contributed by atoms with Gasteiger partial charge >= 0.3 is 0 Å². The van der Waals surface area contributed by atoms with Crippen molar-refractivity contribution < 1.29 is 9.59 Å². The van der Waals surface area contributed by atoms with Crippen LogP contribution in [0.2, 0.25) is 0 Å². The van der Waals surface area contributed by atoms with Crippen molar-refractivity contribution in [3.8, 4) is 0 Å². The van der Waals surface area contributed by atoms with Gasteiger partial charge in [-0.25, -0.2) is 4.98 Å². The number of benzene rings is 3. The predicted octanol–water partition coefficient (Wildman–Crippen LogP) is 4.27.